The molecule has 4 aromatic rings. The van der Waals surface area contributed by atoms with Crippen LogP contribution in [0.25, 0.3) is 11.1 Å². The largest absolute Gasteiger partial charge is 0.488 e. The number of halogens is 1. The molecule has 0 radical (unpaired) electrons. The molecule has 0 spiro atoms. The molecule has 1 amide bonds. The van der Waals surface area contributed by atoms with Crippen LogP contribution in [0.4, 0.5) is 4.39 Å². The van der Waals surface area contributed by atoms with Crippen LogP contribution in [0.5, 0.6) is 11.5 Å². The van der Waals surface area contributed by atoms with Crippen molar-refractivity contribution < 1.29 is 18.7 Å². The van der Waals surface area contributed by atoms with E-state index in [0.29, 0.717) is 35.8 Å². The van der Waals surface area contributed by atoms with Crippen LogP contribution in [-0.2, 0) is 13.2 Å². The normalized spacial score (nSPS) is 10.5. The first-order chi connectivity index (χ1) is 16.1. The van der Waals surface area contributed by atoms with Crippen molar-refractivity contribution in [3.63, 3.8) is 0 Å². The molecule has 0 fully saturated rings. The summed E-state index contributed by atoms with van der Waals surface area (Å²) in [7, 11) is 1.57. The van der Waals surface area contributed by atoms with Gasteiger partial charge in [-0.3, -0.25) is 4.79 Å². The van der Waals surface area contributed by atoms with Crippen molar-refractivity contribution in [2.75, 3.05) is 7.05 Å². The Balaban J connectivity index is 1.78. The van der Waals surface area contributed by atoms with Crippen LogP contribution < -0.4 is 14.8 Å². The zero-order valence-corrected chi connectivity index (χ0v) is 18.3. The highest BCUT2D eigenvalue weighted by Gasteiger charge is 2.19. The van der Waals surface area contributed by atoms with Gasteiger partial charge in [-0.15, -0.1) is 0 Å². The van der Waals surface area contributed by atoms with Crippen LogP contribution in [0.1, 0.15) is 21.5 Å². The Morgan fingerprint density at radius 3 is 1.70 bits per heavy atom. The van der Waals surface area contributed by atoms with Gasteiger partial charge in [-0.05, 0) is 41.0 Å². The predicted molar refractivity (Wildman–Crippen MR) is 127 cm³/mol. The molecule has 33 heavy (non-hydrogen) atoms. The molecule has 5 heteroatoms. The van der Waals surface area contributed by atoms with Gasteiger partial charge >= 0.3 is 0 Å². The topological polar surface area (TPSA) is 47.6 Å². The third-order valence-corrected chi connectivity index (χ3v) is 5.16. The molecule has 0 aliphatic carbocycles. The number of hydrogen-bond acceptors (Lipinski definition) is 3. The Morgan fingerprint density at radius 1 is 0.758 bits per heavy atom. The van der Waals surface area contributed by atoms with Crippen molar-refractivity contribution in [1.29, 1.82) is 0 Å². The van der Waals surface area contributed by atoms with Gasteiger partial charge in [0.1, 0.15) is 30.5 Å². The molecular weight excluding hydrogens is 417 g/mol. The summed E-state index contributed by atoms with van der Waals surface area (Å²) in [4.78, 5) is 12.5. The molecule has 0 saturated heterocycles. The van der Waals surface area contributed by atoms with Crippen LogP contribution in [0.3, 0.4) is 0 Å². The number of carbonyl (C=O) groups excluding carboxylic acids is 1. The van der Waals surface area contributed by atoms with Gasteiger partial charge in [0, 0.05) is 12.6 Å². The number of hydrogen-bond donors (Lipinski definition) is 1. The average molecular weight is 442 g/mol. The van der Waals surface area contributed by atoms with Gasteiger partial charge in [0.25, 0.3) is 5.91 Å². The number of carbonyl (C=O) groups is 1. The summed E-state index contributed by atoms with van der Waals surface area (Å²) in [6, 6.07) is 29.0. The third-order valence-electron chi connectivity index (χ3n) is 5.16. The van der Waals surface area contributed by atoms with Crippen molar-refractivity contribution in [3.8, 4) is 22.6 Å². The summed E-state index contributed by atoms with van der Waals surface area (Å²) in [6.45, 7) is 0.620. The van der Waals surface area contributed by atoms with Gasteiger partial charge in [0.05, 0.1) is 5.56 Å². The second kappa shape index (κ2) is 10.5. The van der Waals surface area contributed by atoms with E-state index in [1.54, 1.807) is 31.3 Å². The maximum atomic E-state index is 13.6. The minimum Gasteiger partial charge on any atom is -0.488 e. The molecule has 166 valence electrons. The predicted octanol–water partition coefficient (Wildman–Crippen LogP) is 6.01. The fourth-order valence-corrected chi connectivity index (χ4v) is 3.46. The van der Waals surface area contributed by atoms with Gasteiger partial charge in [-0.2, -0.15) is 0 Å². The molecule has 0 saturated carbocycles. The van der Waals surface area contributed by atoms with E-state index in [1.165, 1.54) is 12.1 Å². The van der Waals surface area contributed by atoms with E-state index in [4.69, 9.17) is 9.47 Å². The lowest BCUT2D eigenvalue weighted by Gasteiger charge is -2.19. The molecule has 4 aromatic carbocycles. The minimum atomic E-state index is -0.334. The fourth-order valence-electron chi connectivity index (χ4n) is 3.46. The Labute approximate surface area is 192 Å². The summed E-state index contributed by atoms with van der Waals surface area (Å²) in [6.07, 6.45) is 0. The standard InChI is InChI=1S/C28H24FNO3/c1-30-28(31)23-16-25(32-18-20-8-4-2-5-9-20)27(22-12-14-24(29)15-13-22)26(17-23)33-19-21-10-6-3-7-11-21/h2-17H,18-19H2,1H3,(H,30,31). The molecule has 4 rings (SSSR count). The smallest absolute Gasteiger partial charge is 0.251 e. The second-order valence-corrected chi connectivity index (χ2v) is 7.48. The van der Waals surface area contributed by atoms with Gasteiger partial charge < -0.3 is 14.8 Å². The summed E-state index contributed by atoms with van der Waals surface area (Å²) < 4.78 is 26.0. The average Bonchev–Trinajstić information content (AvgIpc) is 2.87. The number of ether oxygens (including phenoxy) is 2. The molecule has 0 atom stereocenters. The molecule has 0 bridgehead atoms. The Morgan fingerprint density at radius 2 is 1.24 bits per heavy atom. The molecule has 0 aliphatic heterocycles. The van der Waals surface area contributed by atoms with E-state index < -0.39 is 0 Å². The second-order valence-electron chi connectivity index (χ2n) is 7.48. The molecule has 0 aliphatic rings. The van der Waals surface area contributed by atoms with Crippen molar-refractivity contribution in [1.82, 2.24) is 5.32 Å². The first-order valence-corrected chi connectivity index (χ1v) is 10.6. The summed E-state index contributed by atoms with van der Waals surface area (Å²) >= 11 is 0. The van der Waals surface area contributed by atoms with Crippen molar-refractivity contribution in [2.45, 2.75) is 13.2 Å². The molecular formula is C28H24FNO3. The highest BCUT2D eigenvalue weighted by Crippen LogP contribution is 2.40. The Hall–Kier alpha value is -4.12. The van der Waals surface area contributed by atoms with E-state index in [0.717, 1.165) is 16.7 Å². The maximum absolute atomic E-state index is 13.6. The zero-order valence-electron chi connectivity index (χ0n) is 18.3. The molecule has 1 N–H and O–H groups in total. The lowest BCUT2D eigenvalue weighted by molar-refractivity contribution is 0.0962. The third kappa shape index (κ3) is 5.57. The highest BCUT2D eigenvalue weighted by atomic mass is 19.1. The molecule has 0 heterocycles. The Kier molecular flexibility index (Phi) is 7.00. The zero-order chi connectivity index (χ0) is 23.0. The molecule has 0 unspecified atom stereocenters. The van der Waals surface area contributed by atoms with E-state index in [-0.39, 0.29) is 11.7 Å². The maximum Gasteiger partial charge on any atom is 0.251 e. The highest BCUT2D eigenvalue weighted by molar-refractivity contribution is 5.96. The van der Waals surface area contributed by atoms with Crippen LogP contribution in [0, 0.1) is 5.82 Å². The monoisotopic (exact) mass is 441 g/mol. The molecule has 4 nitrogen and oxygen atoms in total. The Bertz CT molecular complexity index is 1140. The molecule has 0 aromatic heterocycles. The number of rotatable bonds is 8. The summed E-state index contributed by atoms with van der Waals surface area (Å²) in [5, 5.41) is 2.65. The van der Waals surface area contributed by atoms with Gasteiger partial charge in [0.15, 0.2) is 0 Å². The number of amides is 1. The summed E-state index contributed by atoms with van der Waals surface area (Å²) in [5.41, 5.74) is 3.77. The minimum absolute atomic E-state index is 0.255. The van der Waals surface area contributed by atoms with Crippen molar-refractivity contribution in [2.24, 2.45) is 0 Å². The number of benzene rings is 4. The lowest BCUT2D eigenvalue weighted by Crippen LogP contribution is -2.18. The van der Waals surface area contributed by atoms with E-state index >= 15 is 0 Å². The van der Waals surface area contributed by atoms with Crippen molar-refractivity contribution >= 4 is 5.91 Å². The first-order valence-electron chi connectivity index (χ1n) is 10.6. The van der Waals surface area contributed by atoms with E-state index in [1.807, 2.05) is 60.7 Å². The SMILES string of the molecule is CNC(=O)c1cc(OCc2ccccc2)c(-c2ccc(F)cc2)c(OCc2ccccc2)c1. The van der Waals surface area contributed by atoms with E-state index in [9.17, 15) is 9.18 Å². The lowest BCUT2D eigenvalue weighted by atomic mass is 10.0. The van der Waals surface area contributed by atoms with Crippen molar-refractivity contribution in [3.05, 3.63) is 120 Å². The van der Waals surface area contributed by atoms with Gasteiger partial charge in [-0.1, -0.05) is 72.8 Å². The van der Waals surface area contributed by atoms with Crippen LogP contribution >= 0.6 is 0 Å². The van der Waals surface area contributed by atoms with Crippen LogP contribution in [-0.4, -0.2) is 13.0 Å². The fraction of sp³-hybridized carbons (Fsp3) is 0.107. The quantitative estimate of drug-likeness (QED) is 0.364. The number of nitrogens with one attached hydrogen (secondary N) is 1. The van der Waals surface area contributed by atoms with Crippen LogP contribution in [0.2, 0.25) is 0 Å². The van der Waals surface area contributed by atoms with Crippen LogP contribution in [0.15, 0.2) is 97.1 Å². The first kappa shape index (κ1) is 22.1. The van der Waals surface area contributed by atoms with Gasteiger partial charge in [-0.25, -0.2) is 4.39 Å². The van der Waals surface area contributed by atoms with E-state index in [2.05, 4.69) is 5.32 Å². The van der Waals surface area contributed by atoms with Gasteiger partial charge in [0.2, 0.25) is 0 Å². The summed E-state index contributed by atoms with van der Waals surface area (Å²) in [5.74, 6) is 0.373.